The second kappa shape index (κ2) is 9.04. The maximum atomic E-state index is 12.7. The Bertz CT molecular complexity index is 804. The Labute approximate surface area is 166 Å². The average Bonchev–Trinajstić information content (AvgIpc) is 3.10. The van der Waals surface area contributed by atoms with Crippen molar-refractivity contribution in [2.75, 3.05) is 26.2 Å². The molecule has 1 fully saturated rings. The first-order valence-corrected chi connectivity index (χ1v) is 10.1. The van der Waals surface area contributed by atoms with Crippen molar-refractivity contribution in [3.8, 4) is 11.5 Å². The Morgan fingerprint density at radius 3 is 2.39 bits per heavy atom. The predicted octanol–water partition coefficient (Wildman–Crippen LogP) is 3.30. The van der Waals surface area contributed by atoms with Crippen molar-refractivity contribution in [3.05, 3.63) is 41.8 Å². The molecule has 2 heterocycles. The summed E-state index contributed by atoms with van der Waals surface area (Å²) in [6, 6.07) is 9.69. The van der Waals surface area contributed by atoms with Crippen molar-refractivity contribution >= 4 is 11.8 Å². The van der Waals surface area contributed by atoms with E-state index in [2.05, 4.69) is 4.98 Å². The van der Waals surface area contributed by atoms with Gasteiger partial charge in [0.05, 0.1) is 12.1 Å². The molecule has 1 aromatic heterocycles. The maximum Gasteiger partial charge on any atom is 0.228 e. The molecule has 2 amide bonds. The van der Waals surface area contributed by atoms with Crippen LogP contribution in [0.15, 0.2) is 34.7 Å². The zero-order chi connectivity index (χ0) is 20.1. The highest BCUT2D eigenvalue weighted by Gasteiger charge is 2.29. The quantitative estimate of drug-likeness (QED) is 0.768. The molecule has 0 saturated carbocycles. The molecular formula is C22H29N3O3. The Morgan fingerprint density at radius 2 is 1.79 bits per heavy atom. The van der Waals surface area contributed by atoms with Gasteiger partial charge in [-0.2, -0.15) is 0 Å². The van der Waals surface area contributed by atoms with E-state index in [0.29, 0.717) is 30.4 Å². The number of benzene rings is 1. The summed E-state index contributed by atoms with van der Waals surface area (Å²) in [6.45, 7) is 8.58. The number of hydrogen-bond donors (Lipinski definition) is 0. The number of likely N-dealkylation sites (tertiary alicyclic amines) is 1. The van der Waals surface area contributed by atoms with Crippen molar-refractivity contribution in [2.24, 2.45) is 5.92 Å². The minimum Gasteiger partial charge on any atom is -0.441 e. The van der Waals surface area contributed by atoms with E-state index in [1.807, 2.05) is 60.9 Å². The van der Waals surface area contributed by atoms with Gasteiger partial charge in [0.1, 0.15) is 5.76 Å². The number of carbonyl (C=O) groups is 2. The highest BCUT2D eigenvalue weighted by atomic mass is 16.4. The molecule has 0 atom stereocenters. The highest BCUT2D eigenvalue weighted by molar-refractivity contribution is 5.81. The molecule has 28 heavy (non-hydrogen) atoms. The van der Waals surface area contributed by atoms with Crippen molar-refractivity contribution in [1.82, 2.24) is 14.8 Å². The molecule has 3 rings (SSSR count). The number of amides is 2. The first kappa shape index (κ1) is 20.1. The van der Waals surface area contributed by atoms with Gasteiger partial charge in [0.25, 0.3) is 0 Å². The molecule has 1 aliphatic heterocycles. The van der Waals surface area contributed by atoms with Crippen molar-refractivity contribution < 1.29 is 14.0 Å². The fraction of sp³-hybridized carbons (Fsp3) is 0.500. The summed E-state index contributed by atoms with van der Waals surface area (Å²) < 4.78 is 5.76. The lowest BCUT2D eigenvalue weighted by Crippen LogP contribution is -2.44. The van der Waals surface area contributed by atoms with Crippen LogP contribution in [0.25, 0.3) is 11.5 Å². The van der Waals surface area contributed by atoms with Crippen LogP contribution in [-0.2, 0) is 16.0 Å². The van der Waals surface area contributed by atoms with E-state index in [9.17, 15) is 9.59 Å². The lowest BCUT2D eigenvalue weighted by atomic mass is 9.95. The van der Waals surface area contributed by atoms with E-state index < -0.39 is 0 Å². The summed E-state index contributed by atoms with van der Waals surface area (Å²) in [5.41, 5.74) is 1.59. The maximum absolute atomic E-state index is 12.7. The summed E-state index contributed by atoms with van der Waals surface area (Å²) in [5, 5.41) is 0. The van der Waals surface area contributed by atoms with E-state index in [0.717, 1.165) is 31.5 Å². The lowest BCUT2D eigenvalue weighted by Gasteiger charge is -2.33. The summed E-state index contributed by atoms with van der Waals surface area (Å²) in [5.74, 6) is 1.52. The van der Waals surface area contributed by atoms with Crippen molar-refractivity contribution in [3.63, 3.8) is 0 Å². The second-order valence-electron chi connectivity index (χ2n) is 7.23. The number of piperidine rings is 1. The van der Waals surface area contributed by atoms with Gasteiger partial charge in [-0.05, 0) is 45.7 Å². The fourth-order valence-corrected chi connectivity index (χ4v) is 3.72. The number of aryl methyl sites for hydroxylation is 1. The van der Waals surface area contributed by atoms with Crippen LogP contribution in [0.1, 0.15) is 38.1 Å². The van der Waals surface area contributed by atoms with Crippen molar-refractivity contribution in [1.29, 1.82) is 0 Å². The summed E-state index contributed by atoms with van der Waals surface area (Å²) in [6.07, 6.45) is 1.69. The molecule has 1 aromatic carbocycles. The number of hydrogen-bond acceptors (Lipinski definition) is 4. The molecule has 0 N–H and O–H groups in total. The van der Waals surface area contributed by atoms with E-state index in [1.165, 1.54) is 0 Å². The van der Waals surface area contributed by atoms with Crippen LogP contribution in [0.4, 0.5) is 0 Å². The highest BCUT2D eigenvalue weighted by Crippen LogP contribution is 2.24. The van der Waals surface area contributed by atoms with Gasteiger partial charge in [0.2, 0.25) is 17.7 Å². The van der Waals surface area contributed by atoms with Gasteiger partial charge in [-0.1, -0.05) is 18.2 Å². The normalized spacial score (nSPS) is 14.9. The molecule has 1 saturated heterocycles. The van der Waals surface area contributed by atoms with E-state index in [1.54, 1.807) is 0 Å². The average molecular weight is 383 g/mol. The van der Waals surface area contributed by atoms with Crippen LogP contribution >= 0.6 is 0 Å². The van der Waals surface area contributed by atoms with Crippen LogP contribution in [0, 0.1) is 12.8 Å². The van der Waals surface area contributed by atoms with Crippen LogP contribution in [0.5, 0.6) is 0 Å². The minimum atomic E-state index is 0.0300. The third kappa shape index (κ3) is 4.43. The number of rotatable bonds is 6. The Hall–Kier alpha value is -2.63. The molecule has 1 aliphatic rings. The smallest absolute Gasteiger partial charge is 0.228 e. The number of aromatic nitrogens is 1. The molecular weight excluding hydrogens is 354 g/mol. The van der Waals surface area contributed by atoms with Crippen LogP contribution in [0.3, 0.4) is 0 Å². The SMILES string of the molecule is CCN(CC)C(=O)C1CCN(C(=O)Cc2nc(-c3ccccc3)oc2C)CC1. The van der Waals surface area contributed by atoms with E-state index in [4.69, 9.17) is 4.42 Å². The summed E-state index contributed by atoms with van der Waals surface area (Å²) >= 11 is 0. The van der Waals surface area contributed by atoms with Crippen LogP contribution in [-0.4, -0.2) is 52.8 Å². The first-order valence-electron chi connectivity index (χ1n) is 10.1. The van der Waals surface area contributed by atoms with Crippen LogP contribution in [0.2, 0.25) is 0 Å². The first-order chi connectivity index (χ1) is 13.5. The largest absolute Gasteiger partial charge is 0.441 e. The summed E-state index contributed by atoms with van der Waals surface area (Å²) in [7, 11) is 0. The standard InChI is InChI=1S/C22H29N3O3/c1-4-24(5-2)22(27)18-11-13-25(14-12-18)20(26)15-19-16(3)28-21(23-19)17-9-7-6-8-10-17/h6-10,18H,4-5,11-15H2,1-3H3. The Kier molecular flexibility index (Phi) is 6.49. The van der Waals surface area contributed by atoms with Gasteiger partial charge in [0.15, 0.2) is 0 Å². The minimum absolute atomic E-state index is 0.0300. The van der Waals surface area contributed by atoms with Crippen LogP contribution < -0.4 is 0 Å². The molecule has 6 heteroatoms. The predicted molar refractivity (Wildman–Crippen MR) is 108 cm³/mol. The topological polar surface area (TPSA) is 66.7 Å². The zero-order valence-electron chi connectivity index (χ0n) is 17.0. The second-order valence-corrected chi connectivity index (χ2v) is 7.23. The molecule has 2 aromatic rings. The Morgan fingerprint density at radius 1 is 1.14 bits per heavy atom. The third-order valence-corrected chi connectivity index (χ3v) is 5.50. The van der Waals surface area contributed by atoms with Gasteiger partial charge < -0.3 is 14.2 Å². The molecule has 150 valence electrons. The van der Waals surface area contributed by atoms with E-state index >= 15 is 0 Å². The lowest BCUT2D eigenvalue weighted by molar-refractivity contribution is -0.140. The fourth-order valence-electron chi connectivity index (χ4n) is 3.72. The zero-order valence-corrected chi connectivity index (χ0v) is 17.0. The third-order valence-electron chi connectivity index (χ3n) is 5.50. The molecule has 0 radical (unpaired) electrons. The van der Waals surface area contributed by atoms with Gasteiger partial charge in [-0.25, -0.2) is 4.98 Å². The monoisotopic (exact) mass is 383 g/mol. The number of oxazole rings is 1. The number of carbonyl (C=O) groups excluding carboxylic acids is 2. The summed E-state index contributed by atoms with van der Waals surface area (Å²) in [4.78, 5) is 33.5. The van der Waals surface area contributed by atoms with Gasteiger partial charge in [-0.15, -0.1) is 0 Å². The molecule has 0 aliphatic carbocycles. The molecule has 0 unspecified atom stereocenters. The number of nitrogens with zero attached hydrogens (tertiary/aromatic N) is 3. The molecule has 6 nitrogen and oxygen atoms in total. The molecule has 0 bridgehead atoms. The molecule has 0 spiro atoms. The van der Waals surface area contributed by atoms with Gasteiger partial charge in [-0.3, -0.25) is 9.59 Å². The van der Waals surface area contributed by atoms with E-state index in [-0.39, 0.29) is 24.2 Å². The van der Waals surface area contributed by atoms with Gasteiger partial charge >= 0.3 is 0 Å². The van der Waals surface area contributed by atoms with Gasteiger partial charge in [0, 0.05) is 37.7 Å². The van der Waals surface area contributed by atoms with Crippen molar-refractivity contribution in [2.45, 2.75) is 40.0 Å². The Balaban J connectivity index is 1.58.